The summed E-state index contributed by atoms with van der Waals surface area (Å²) in [5.41, 5.74) is 0.171. The van der Waals surface area contributed by atoms with Gasteiger partial charge in [0.1, 0.15) is 17.3 Å². The average molecular weight is 469 g/mol. The molecule has 2 saturated heterocycles. The van der Waals surface area contributed by atoms with Crippen molar-refractivity contribution in [1.29, 1.82) is 0 Å². The fourth-order valence-corrected chi connectivity index (χ4v) is 4.89. The summed E-state index contributed by atoms with van der Waals surface area (Å²) >= 11 is 0. The molecular formula is C27H33FN2O4. The number of hydrogen-bond acceptors (Lipinski definition) is 4. The highest BCUT2D eigenvalue weighted by Gasteiger charge is 2.40. The molecule has 0 N–H and O–H groups in total. The van der Waals surface area contributed by atoms with Gasteiger partial charge in [-0.3, -0.25) is 9.59 Å². The first-order valence-corrected chi connectivity index (χ1v) is 12.1. The van der Waals surface area contributed by atoms with Gasteiger partial charge in [0, 0.05) is 38.0 Å². The van der Waals surface area contributed by atoms with E-state index in [2.05, 4.69) is 0 Å². The number of amides is 2. The van der Waals surface area contributed by atoms with E-state index < -0.39 is 0 Å². The molecule has 2 aliphatic rings. The van der Waals surface area contributed by atoms with Crippen LogP contribution < -0.4 is 9.47 Å². The highest BCUT2D eigenvalue weighted by atomic mass is 19.1. The lowest BCUT2D eigenvalue weighted by molar-refractivity contribution is -0.136. The van der Waals surface area contributed by atoms with E-state index in [4.69, 9.17) is 9.47 Å². The third-order valence-corrected chi connectivity index (χ3v) is 7.04. The van der Waals surface area contributed by atoms with Crippen molar-refractivity contribution in [3.05, 3.63) is 59.9 Å². The Hall–Kier alpha value is -3.09. The second kappa shape index (κ2) is 10.9. The highest BCUT2D eigenvalue weighted by molar-refractivity contribution is 5.97. The molecule has 2 aliphatic heterocycles. The van der Waals surface area contributed by atoms with Crippen molar-refractivity contribution >= 4 is 11.8 Å². The number of halogens is 1. The molecule has 0 aromatic heterocycles. The van der Waals surface area contributed by atoms with Gasteiger partial charge in [-0.05, 0) is 68.5 Å². The number of benzene rings is 2. The molecule has 0 bridgehead atoms. The Kier molecular flexibility index (Phi) is 7.70. The topological polar surface area (TPSA) is 59.1 Å². The van der Waals surface area contributed by atoms with Crippen LogP contribution in [0.4, 0.5) is 4.39 Å². The smallest absolute Gasteiger partial charge is 0.257 e. The predicted octanol–water partition coefficient (Wildman–Crippen LogP) is 4.54. The summed E-state index contributed by atoms with van der Waals surface area (Å²) in [5, 5.41) is 0. The van der Waals surface area contributed by atoms with E-state index in [1.54, 1.807) is 31.4 Å². The van der Waals surface area contributed by atoms with Crippen molar-refractivity contribution in [3.63, 3.8) is 0 Å². The lowest BCUT2D eigenvalue weighted by Gasteiger charge is -2.42. The fourth-order valence-electron chi connectivity index (χ4n) is 4.89. The van der Waals surface area contributed by atoms with Crippen molar-refractivity contribution in [2.45, 2.75) is 38.5 Å². The molecule has 2 aromatic rings. The Labute approximate surface area is 200 Å². The summed E-state index contributed by atoms with van der Waals surface area (Å²) in [6, 6.07) is 13.2. The predicted molar refractivity (Wildman–Crippen MR) is 128 cm³/mol. The largest absolute Gasteiger partial charge is 0.496 e. The minimum absolute atomic E-state index is 0.0622. The highest BCUT2D eigenvalue weighted by Crippen LogP contribution is 2.37. The first-order valence-electron chi connectivity index (χ1n) is 12.1. The van der Waals surface area contributed by atoms with Crippen LogP contribution in [0.5, 0.6) is 11.5 Å². The van der Waals surface area contributed by atoms with Crippen LogP contribution in [0, 0.1) is 11.2 Å². The van der Waals surface area contributed by atoms with Crippen LogP contribution >= 0.6 is 0 Å². The second-order valence-corrected chi connectivity index (χ2v) is 9.35. The number of carbonyl (C=O) groups excluding carboxylic acids is 2. The molecule has 0 radical (unpaired) electrons. The van der Waals surface area contributed by atoms with Gasteiger partial charge in [0.15, 0.2) is 0 Å². The molecule has 4 rings (SSSR count). The van der Waals surface area contributed by atoms with Gasteiger partial charge in [-0.2, -0.15) is 0 Å². The van der Waals surface area contributed by atoms with E-state index in [0.717, 1.165) is 25.9 Å². The molecule has 0 atom stereocenters. The molecule has 0 saturated carbocycles. The number of carbonyl (C=O) groups is 2. The number of rotatable bonds is 7. The third-order valence-electron chi connectivity index (χ3n) is 7.04. The number of methoxy groups -OCH3 is 1. The molecule has 0 aliphatic carbocycles. The summed E-state index contributed by atoms with van der Waals surface area (Å²) in [4.78, 5) is 30.1. The lowest BCUT2D eigenvalue weighted by atomic mass is 9.75. The van der Waals surface area contributed by atoms with Crippen molar-refractivity contribution < 1.29 is 23.5 Å². The lowest BCUT2D eigenvalue weighted by Crippen LogP contribution is -2.48. The van der Waals surface area contributed by atoms with E-state index >= 15 is 0 Å². The Morgan fingerprint density at radius 1 is 0.912 bits per heavy atom. The zero-order valence-corrected chi connectivity index (χ0v) is 19.8. The van der Waals surface area contributed by atoms with Crippen LogP contribution in [-0.2, 0) is 4.79 Å². The van der Waals surface area contributed by atoms with Gasteiger partial charge < -0.3 is 19.3 Å². The van der Waals surface area contributed by atoms with Gasteiger partial charge in [-0.25, -0.2) is 4.39 Å². The number of piperidine rings is 2. The monoisotopic (exact) mass is 468 g/mol. The van der Waals surface area contributed by atoms with Gasteiger partial charge in [-0.1, -0.05) is 12.1 Å². The number of likely N-dealkylation sites (tertiary alicyclic amines) is 2. The van der Waals surface area contributed by atoms with Crippen LogP contribution in [0.15, 0.2) is 48.5 Å². The van der Waals surface area contributed by atoms with Crippen LogP contribution in [0.2, 0.25) is 0 Å². The van der Waals surface area contributed by atoms with Gasteiger partial charge in [0.05, 0.1) is 19.3 Å². The summed E-state index contributed by atoms with van der Waals surface area (Å²) in [7, 11) is 1.56. The Balaban J connectivity index is 1.46. The molecule has 2 amide bonds. The number of nitrogens with zero attached hydrogens (tertiary/aromatic N) is 2. The minimum atomic E-state index is -0.375. The normalized spacial score (nSPS) is 17.8. The van der Waals surface area contributed by atoms with Crippen LogP contribution in [-0.4, -0.2) is 61.5 Å². The molecule has 182 valence electrons. The zero-order chi connectivity index (χ0) is 24.0. The van der Waals surface area contributed by atoms with E-state index in [9.17, 15) is 14.0 Å². The van der Waals surface area contributed by atoms with E-state index in [-0.39, 0.29) is 23.0 Å². The second-order valence-electron chi connectivity index (χ2n) is 9.35. The summed E-state index contributed by atoms with van der Waals surface area (Å²) in [5.74, 6) is 0.924. The number of ether oxygens (including phenoxy) is 2. The SMILES string of the molecule is COc1ccccc1C(=O)N1CCC(COc2ccc(F)cc2)(CC(=O)N2CCCCC2)CC1. The van der Waals surface area contributed by atoms with Crippen molar-refractivity contribution in [1.82, 2.24) is 9.80 Å². The van der Waals surface area contributed by atoms with Gasteiger partial charge >= 0.3 is 0 Å². The average Bonchev–Trinajstić information content (AvgIpc) is 2.89. The summed E-state index contributed by atoms with van der Waals surface area (Å²) in [6.45, 7) is 3.06. The third kappa shape index (κ3) is 5.69. The molecule has 0 unspecified atom stereocenters. The molecule has 2 heterocycles. The van der Waals surface area contributed by atoms with Gasteiger partial charge in [-0.15, -0.1) is 0 Å². The number of para-hydroxylation sites is 1. The maximum Gasteiger partial charge on any atom is 0.257 e. The number of hydrogen-bond donors (Lipinski definition) is 0. The van der Waals surface area contributed by atoms with E-state index in [0.29, 0.717) is 56.0 Å². The Bertz CT molecular complexity index is 980. The Morgan fingerprint density at radius 3 is 2.26 bits per heavy atom. The van der Waals surface area contributed by atoms with Crippen molar-refractivity contribution in [2.24, 2.45) is 5.41 Å². The Morgan fingerprint density at radius 2 is 1.59 bits per heavy atom. The fraction of sp³-hybridized carbons (Fsp3) is 0.481. The maximum absolute atomic E-state index is 13.3. The standard InChI is InChI=1S/C27H33FN2O4/c1-33-24-8-4-3-7-23(24)26(32)30-17-13-27(14-18-30,19-25(31)29-15-5-2-6-16-29)20-34-22-11-9-21(28)10-12-22/h3-4,7-12H,2,5-6,13-20H2,1H3. The van der Waals surface area contributed by atoms with Crippen LogP contribution in [0.25, 0.3) is 0 Å². The van der Waals surface area contributed by atoms with Gasteiger partial charge in [0.25, 0.3) is 5.91 Å². The van der Waals surface area contributed by atoms with Gasteiger partial charge in [0.2, 0.25) is 5.91 Å². The van der Waals surface area contributed by atoms with Crippen LogP contribution in [0.1, 0.15) is 48.9 Å². The molecule has 0 spiro atoms. The molecule has 2 fully saturated rings. The summed E-state index contributed by atoms with van der Waals surface area (Å²) < 4.78 is 24.7. The first kappa shape index (κ1) is 24.0. The van der Waals surface area contributed by atoms with Crippen LogP contribution in [0.3, 0.4) is 0 Å². The molecule has 2 aromatic carbocycles. The molecule has 34 heavy (non-hydrogen) atoms. The first-order chi connectivity index (χ1) is 16.5. The zero-order valence-electron chi connectivity index (χ0n) is 19.8. The van der Waals surface area contributed by atoms with Crippen molar-refractivity contribution in [3.8, 4) is 11.5 Å². The van der Waals surface area contributed by atoms with E-state index in [1.807, 2.05) is 21.9 Å². The molecule has 7 heteroatoms. The van der Waals surface area contributed by atoms with Crippen molar-refractivity contribution in [2.75, 3.05) is 39.9 Å². The van der Waals surface area contributed by atoms with E-state index in [1.165, 1.54) is 18.6 Å². The molecular weight excluding hydrogens is 435 g/mol. The quantitative estimate of drug-likeness (QED) is 0.599. The maximum atomic E-state index is 13.3. The summed E-state index contributed by atoms with van der Waals surface area (Å²) in [6.07, 6.45) is 4.98. The minimum Gasteiger partial charge on any atom is -0.496 e. The molecule has 6 nitrogen and oxygen atoms in total.